The number of hydrogen-bond donors (Lipinski definition) is 1. The summed E-state index contributed by atoms with van der Waals surface area (Å²) in [5.74, 6) is 1.81. The van der Waals surface area contributed by atoms with Crippen molar-refractivity contribution in [2.75, 3.05) is 18.2 Å². The summed E-state index contributed by atoms with van der Waals surface area (Å²) in [5.41, 5.74) is 3.07. The number of rotatable bonds is 9. The van der Waals surface area contributed by atoms with Gasteiger partial charge in [0.25, 0.3) is 0 Å². The van der Waals surface area contributed by atoms with E-state index in [1.165, 1.54) is 23.1 Å². The zero-order chi connectivity index (χ0) is 23.2. The third-order valence-electron chi connectivity index (χ3n) is 5.05. The van der Waals surface area contributed by atoms with Crippen molar-refractivity contribution in [3.8, 4) is 17.0 Å². The number of carbonyl (C=O) groups excluding carboxylic acids is 1. The average molecular weight is 480 g/mol. The van der Waals surface area contributed by atoms with Crippen molar-refractivity contribution in [3.63, 3.8) is 0 Å². The predicted octanol–water partition coefficient (Wildman–Crippen LogP) is 5.06. The monoisotopic (exact) mass is 479 g/mol. The normalized spacial score (nSPS) is 10.9. The topological polar surface area (TPSA) is 81.9 Å². The summed E-state index contributed by atoms with van der Waals surface area (Å²) in [6.07, 6.45) is 0.665. The molecule has 9 heteroatoms. The first-order valence-electron chi connectivity index (χ1n) is 10.6. The molecule has 0 aliphatic heterocycles. The smallest absolute Gasteiger partial charge is 0.236 e. The highest BCUT2D eigenvalue weighted by Gasteiger charge is 2.16. The minimum absolute atomic E-state index is 0.115. The molecule has 1 amide bonds. The average Bonchev–Trinajstić information content (AvgIpc) is 3.40. The largest absolute Gasteiger partial charge is 0.497 e. The summed E-state index contributed by atoms with van der Waals surface area (Å²) in [6.45, 7) is 4.79. The Labute approximate surface area is 201 Å². The van der Waals surface area contributed by atoms with Crippen molar-refractivity contribution < 1.29 is 9.53 Å². The second kappa shape index (κ2) is 10.6. The fourth-order valence-electron chi connectivity index (χ4n) is 3.40. The van der Waals surface area contributed by atoms with Gasteiger partial charge in [0.05, 0.1) is 18.6 Å². The maximum absolute atomic E-state index is 12.6. The number of aromatic nitrogens is 4. The number of thiazole rings is 1. The molecule has 1 N–H and O–H groups in total. The molecule has 4 aromatic rings. The van der Waals surface area contributed by atoms with Gasteiger partial charge >= 0.3 is 0 Å². The maximum atomic E-state index is 12.6. The molecule has 33 heavy (non-hydrogen) atoms. The quantitative estimate of drug-likeness (QED) is 0.338. The van der Waals surface area contributed by atoms with E-state index in [1.807, 2.05) is 66.1 Å². The summed E-state index contributed by atoms with van der Waals surface area (Å²) in [5, 5.41) is 12.9. The Morgan fingerprint density at radius 1 is 1.12 bits per heavy atom. The number of thioether (sulfide) groups is 1. The summed E-state index contributed by atoms with van der Waals surface area (Å²) in [6, 6.07) is 17.9. The third kappa shape index (κ3) is 5.61. The fourth-order valence-corrected chi connectivity index (χ4v) is 5.07. The van der Waals surface area contributed by atoms with Crippen molar-refractivity contribution in [2.45, 2.75) is 32.0 Å². The highest BCUT2D eigenvalue weighted by Crippen LogP contribution is 2.30. The van der Waals surface area contributed by atoms with Crippen LogP contribution in [0.15, 0.2) is 59.8 Å². The second-order valence-corrected chi connectivity index (χ2v) is 9.44. The molecule has 0 atom stereocenters. The van der Waals surface area contributed by atoms with Crippen LogP contribution in [0.1, 0.15) is 23.2 Å². The van der Waals surface area contributed by atoms with Crippen molar-refractivity contribution in [2.24, 2.45) is 0 Å². The van der Waals surface area contributed by atoms with E-state index < -0.39 is 0 Å². The number of benzene rings is 2. The maximum Gasteiger partial charge on any atom is 0.236 e. The van der Waals surface area contributed by atoms with Gasteiger partial charge in [0.2, 0.25) is 5.91 Å². The van der Waals surface area contributed by atoms with Crippen LogP contribution < -0.4 is 10.1 Å². The van der Waals surface area contributed by atoms with Gasteiger partial charge in [0.1, 0.15) is 11.6 Å². The SMILES string of the molecule is CCn1c(Cc2ccc(OC)cc2)nnc1SCC(=O)Nc1nc(-c2ccccc2)c(C)s1. The molecule has 170 valence electrons. The van der Waals surface area contributed by atoms with E-state index in [4.69, 9.17) is 4.74 Å². The van der Waals surface area contributed by atoms with Crippen LogP contribution in [0.5, 0.6) is 5.75 Å². The Balaban J connectivity index is 1.37. The lowest BCUT2D eigenvalue weighted by Gasteiger charge is -2.08. The second-order valence-electron chi connectivity index (χ2n) is 7.29. The molecule has 0 saturated carbocycles. The lowest BCUT2D eigenvalue weighted by Crippen LogP contribution is -2.14. The number of nitrogens with one attached hydrogen (secondary N) is 1. The van der Waals surface area contributed by atoms with E-state index in [1.54, 1.807) is 7.11 Å². The van der Waals surface area contributed by atoms with Gasteiger partial charge in [0.15, 0.2) is 10.3 Å². The minimum Gasteiger partial charge on any atom is -0.497 e. The number of ether oxygens (including phenoxy) is 1. The van der Waals surface area contributed by atoms with E-state index in [0.29, 0.717) is 11.6 Å². The van der Waals surface area contributed by atoms with Gasteiger partial charge in [-0.05, 0) is 31.5 Å². The first-order chi connectivity index (χ1) is 16.1. The van der Waals surface area contributed by atoms with Crippen LogP contribution in [-0.2, 0) is 17.8 Å². The van der Waals surface area contributed by atoms with E-state index in [-0.39, 0.29) is 11.7 Å². The van der Waals surface area contributed by atoms with Crippen LogP contribution in [0.25, 0.3) is 11.3 Å². The van der Waals surface area contributed by atoms with Crippen molar-refractivity contribution in [3.05, 3.63) is 70.9 Å². The Kier molecular flexibility index (Phi) is 7.41. The van der Waals surface area contributed by atoms with Crippen LogP contribution in [0, 0.1) is 6.92 Å². The molecular weight excluding hydrogens is 454 g/mol. The van der Waals surface area contributed by atoms with Crippen LogP contribution >= 0.6 is 23.1 Å². The molecular formula is C24H25N5O2S2. The van der Waals surface area contributed by atoms with E-state index in [0.717, 1.165) is 45.0 Å². The van der Waals surface area contributed by atoms with E-state index in [9.17, 15) is 4.79 Å². The van der Waals surface area contributed by atoms with Gasteiger partial charge in [0, 0.05) is 23.4 Å². The van der Waals surface area contributed by atoms with Crippen LogP contribution in [0.4, 0.5) is 5.13 Å². The lowest BCUT2D eigenvalue weighted by molar-refractivity contribution is -0.113. The molecule has 2 heterocycles. The molecule has 4 rings (SSSR count). The number of anilines is 1. The molecule has 0 bridgehead atoms. The lowest BCUT2D eigenvalue weighted by atomic mass is 10.1. The number of nitrogens with zero attached hydrogens (tertiary/aromatic N) is 4. The number of carbonyl (C=O) groups is 1. The van der Waals surface area contributed by atoms with Crippen LogP contribution in [0.2, 0.25) is 0 Å². The predicted molar refractivity (Wildman–Crippen MR) is 133 cm³/mol. The van der Waals surface area contributed by atoms with Crippen molar-refractivity contribution in [1.82, 2.24) is 19.7 Å². The first kappa shape index (κ1) is 23.0. The third-order valence-corrected chi connectivity index (χ3v) is 6.91. The molecule has 0 radical (unpaired) electrons. The van der Waals surface area contributed by atoms with Gasteiger partial charge in [-0.25, -0.2) is 4.98 Å². The molecule has 7 nitrogen and oxygen atoms in total. The summed E-state index contributed by atoms with van der Waals surface area (Å²) in [7, 11) is 1.65. The van der Waals surface area contributed by atoms with Gasteiger partial charge in [-0.15, -0.1) is 21.5 Å². The van der Waals surface area contributed by atoms with Crippen molar-refractivity contribution >= 4 is 34.1 Å². The standard InChI is InChI=1S/C24H25N5O2S2/c1-4-29-20(14-17-10-12-19(31-3)13-11-17)27-28-24(29)32-15-21(30)25-23-26-22(16(2)33-23)18-8-6-5-7-9-18/h5-13H,4,14-15H2,1-3H3,(H,25,26,30). The zero-order valence-corrected chi connectivity index (χ0v) is 20.4. The molecule has 0 saturated heterocycles. The summed E-state index contributed by atoms with van der Waals surface area (Å²) >= 11 is 2.86. The number of aryl methyl sites for hydroxylation is 1. The summed E-state index contributed by atoms with van der Waals surface area (Å²) < 4.78 is 7.26. The zero-order valence-electron chi connectivity index (χ0n) is 18.7. The molecule has 0 fully saturated rings. The Hall–Kier alpha value is -3.17. The number of hydrogen-bond acceptors (Lipinski definition) is 7. The van der Waals surface area contributed by atoms with Crippen LogP contribution in [-0.4, -0.2) is 38.5 Å². The Bertz CT molecular complexity index is 1220. The number of methoxy groups -OCH3 is 1. The van der Waals surface area contributed by atoms with Gasteiger partial charge in [-0.1, -0.05) is 54.2 Å². The van der Waals surface area contributed by atoms with Crippen molar-refractivity contribution in [1.29, 1.82) is 0 Å². The van der Waals surface area contributed by atoms with E-state index in [2.05, 4.69) is 27.4 Å². The Morgan fingerprint density at radius 2 is 1.88 bits per heavy atom. The van der Waals surface area contributed by atoms with E-state index >= 15 is 0 Å². The summed E-state index contributed by atoms with van der Waals surface area (Å²) in [4.78, 5) is 18.2. The fraction of sp³-hybridized carbons (Fsp3) is 0.250. The number of amides is 1. The highest BCUT2D eigenvalue weighted by atomic mass is 32.2. The Morgan fingerprint density at radius 3 is 2.58 bits per heavy atom. The molecule has 0 aliphatic carbocycles. The van der Waals surface area contributed by atoms with Gasteiger partial charge < -0.3 is 14.6 Å². The molecule has 0 unspecified atom stereocenters. The highest BCUT2D eigenvalue weighted by molar-refractivity contribution is 7.99. The van der Waals surface area contributed by atoms with Crippen LogP contribution in [0.3, 0.4) is 0 Å². The molecule has 0 aliphatic rings. The van der Waals surface area contributed by atoms with Gasteiger partial charge in [-0.2, -0.15) is 0 Å². The van der Waals surface area contributed by atoms with Gasteiger partial charge in [-0.3, -0.25) is 4.79 Å². The molecule has 2 aromatic carbocycles. The minimum atomic E-state index is -0.115. The molecule has 2 aromatic heterocycles. The first-order valence-corrected chi connectivity index (χ1v) is 12.4. The molecule has 0 spiro atoms.